The number of rotatable bonds is 6. The number of fused-ring (bicyclic) bond motifs is 1. The molecule has 0 bridgehead atoms. The Labute approximate surface area is 157 Å². The molecule has 0 aliphatic heterocycles. The van der Waals surface area contributed by atoms with Crippen LogP contribution in [0, 0.1) is 0 Å². The van der Waals surface area contributed by atoms with Crippen molar-refractivity contribution in [3.63, 3.8) is 0 Å². The van der Waals surface area contributed by atoms with E-state index in [1.54, 1.807) is 12.1 Å². The highest BCUT2D eigenvalue weighted by Gasteiger charge is 2.31. The van der Waals surface area contributed by atoms with Gasteiger partial charge in [0.05, 0.1) is 7.11 Å². The largest absolute Gasteiger partial charge is 0.467 e. The van der Waals surface area contributed by atoms with Crippen molar-refractivity contribution in [3.8, 4) is 0 Å². The fourth-order valence-electron chi connectivity index (χ4n) is 3.06. The van der Waals surface area contributed by atoms with E-state index < -0.39 is 24.7 Å². The molecular weight excluding hydrogens is 345 g/mol. The molecule has 3 rings (SSSR count). The van der Waals surface area contributed by atoms with Gasteiger partial charge in [-0.3, -0.25) is 9.69 Å². The fraction of sp³-hybridized carbons (Fsp3) is 0.182. The number of ether oxygens (including phenoxy) is 1. The van der Waals surface area contributed by atoms with Crippen molar-refractivity contribution in [1.82, 2.24) is 4.90 Å². The third-order valence-electron chi connectivity index (χ3n) is 4.51. The van der Waals surface area contributed by atoms with E-state index in [1.807, 2.05) is 60.7 Å². The number of carbonyl (C=O) groups is 2. The molecule has 4 nitrogen and oxygen atoms in total. The van der Waals surface area contributed by atoms with Gasteiger partial charge in [0, 0.05) is 12.0 Å². The fourth-order valence-corrected chi connectivity index (χ4v) is 3.06. The number of nitrogens with zero attached hydrogens (tertiary/aromatic N) is 1. The Hall–Kier alpha value is -3.21. The first-order chi connectivity index (χ1) is 13.1. The molecule has 0 unspecified atom stereocenters. The van der Waals surface area contributed by atoms with Crippen LogP contribution in [0.5, 0.6) is 0 Å². The van der Waals surface area contributed by atoms with Gasteiger partial charge in [0.15, 0.2) is 6.80 Å². The van der Waals surface area contributed by atoms with Gasteiger partial charge < -0.3 is 4.74 Å². The second kappa shape index (κ2) is 8.45. The first kappa shape index (κ1) is 18.6. The maximum absolute atomic E-state index is 13.9. The molecule has 0 saturated heterocycles. The molecule has 0 saturated carbocycles. The topological polar surface area (TPSA) is 46.6 Å². The standard InChI is InChI=1S/C22H20FNO3/c1-27-22(26)20(13-16-7-3-2-4-8-16)24(15-23)21(25)19-12-11-17-9-5-6-10-18(17)14-19/h2-12,14,20H,13,15H2,1H3/t20-/m0/s1. The second-order valence-electron chi connectivity index (χ2n) is 6.19. The lowest BCUT2D eigenvalue weighted by molar-refractivity contribution is -0.146. The van der Waals surface area contributed by atoms with E-state index in [9.17, 15) is 14.0 Å². The molecule has 5 heteroatoms. The summed E-state index contributed by atoms with van der Waals surface area (Å²) in [6.45, 7) is -1.09. The van der Waals surface area contributed by atoms with Gasteiger partial charge in [-0.25, -0.2) is 9.18 Å². The van der Waals surface area contributed by atoms with Crippen LogP contribution in [0.15, 0.2) is 72.8 Å². The van der Waals surface area contributed by atoms with Gasteiger partial charge in [-0.05, 0) is 28.5 Å². The molecule has 1 amide bonds. The zero-order chi connectivity index (χ0) is 19.2. The third kappa shape index (κ3) is 4.14. The van der Waals surface area contributed by atoms with Crippen molar-refractivity contribution in [2.24, 2.45) is 0 Å². The smallest absolute Gasteiger partial charge is 0.329 e. The van der Waals surface area contributed by atoms with E-state index in [4.69, 9.17) is 4.74 Å². The molecule has 138 valence electrons. The number of amides is 1. The molecule has 0 heterocycles. The van der Waals surface area contributed by atoms with Crippen molar-refractivity contribution < 1.29 is 18.7 Å². The summed E-state index contributed by atoms with van der Waals surface area (Å²) in [4.78, 5) is 26.2. The van der Waals surface area contributed by atoms with Gasteiger partial charge in [-0.2, -0.15) is 0 Å². The summed E-state index contributed by atoms with van der Waals surface area (Å²) in [5.74, 6) is -1.19. The van der Waals surface area contributed by atoms with E-state index in [2.05, 4.69) is 0 Å². The van der Waals surface area contributed by atoms with E-state index >= 15 is 0 Å². The highest BCUT2D eigenvalue weighted by molar-refractivity contribution is 6.00. The molecular formula is C22H20FNO3. The van der Waals surface area contributed by atoms with Crippen molar-refractivity contribution in [2.75, 3.05) is 13.9 Å². The first-order valence-electron chi connectivity index (χ1n) is 8.61. The van der Waals surface area contributed by atoms with Crippen LogP contribution in [-0.4, -0.2) is 36.7 Å². The van der Waals surface area contributed by atoms with Gasteiger partial charge in [-0.1, -0.05) is 60.7 Å². The van der Waals surface area contributed by atoms with E-state index in [1.165, 1.54) is 7.11 Å². The molecule has 0 aliphatic carbocycles. The number of benzene rings is 3. The van der Waals surface area contributed by atoms with Gasteiger partial charge in [-0.15, -0.1) is 0 Å². The number of hydrogen-bond acceptors (Lipinski definition) is 3. The van der Waals surface area contributed by atoms with Gasteiger partial charge in [0.2, 0.25) is 0 Å². The number of carbonyl (C=O) groups excluding carboxylic acids is 2. The molecule has 3 aromatic rings. The Bertz CT molecular complexity index is 942. The predicted molar refractivity (Wildman–Crippen MR) is 102 cm³/mol. The summed E-state index contributed by atoms with van der Waals surface area (Å²) < 4.78 is 18.7. The lowest BCUT2D eigenvalue weighted by Crippen LogP contribution is -2.46. The summed E-state index contributed by atoms with van der Waals surface area (Å²) in [7, 11) is 1.23. The van der Waals surface area contributed by atoms with Crippen LogP contribution in [0.25, 0.3) is 10.8 Å². The van der Waals surface area contributed by atoms with E-state index in [-0.39, 0.29) is 6.42 Å². The average Bonchev–Trinajstić information content (AvgIpc) is 2.73. The minimum absolute atomic E-state index is 0.177. The zero-order valence-corrected chi connectivity index (χ0v) is 15.0. The Balaban J connectivity index is 1.92. The van der Waals surface area contributed by atoms with Crippen molar-refractivity contribution in [3.05, 3.63) is 83.9 Å². The zero-order valence-electron chi connectivity index (χ0n) is 15.0. The van der Waals surface area contributed by atoms with Crippen LogP contribution in [0.3, 0.4) is 0 Å². The number of esters is 1. The van der Waals surface area contributed by atoms with Gasteiger partial charge >= 0.3 is 5.97 Å². The minimum Gasteiger partial charge on any atom is -0.467 e. The quantitative estimate of drug-likeness (QED) is 0.490. The highest BCUT2D eigenvalue weighted by Crippen LogP contribution is 2.19. The summed E-state index contributed by atoms with van der Waals surface area (Å²) in [5, 5.41) is 1.86. The Morgan fingerprint density at radius 2 is 1.63 bits per heavy atom. The second-order valence-corrected chi connectivity index (χ2v) is 6.19. The monoisotopic (exact) mass is 365 g/mol. The van der Waals surface area contributed by atoms with Crippen LogP contribution in [0.4, 0.5) is 4.39 Å². The molecule has 0 radical (unpaired) electrons. The maximum atomic E-state index is 13.9. The van der Waals surface area contributed by atoms with Crippen molar-refractivity contribution >= 4 is 22.6 Å². The maximum Gasteiger partial charge on any atom is 0.329 e. The predicted octanol–water partition coefficient (Wildman–Crippen LogP) is 3.99. The van der Waals surface area contributed by atoms with E-state index in [0.717, 1.165) is 21.2 Å². The van der Waals surface area contributed by atoms with Gasteiger partial charge in [0.25, 0.3) is 5.91 Å². The van der Waals surface area contributed by atoms with Gasteiger partial charge in [0.1, 0.15) is 6.04 Å². The molecule has 0 fully saturated rings. The average molecular weight is 365 g/mol. The number of alkyl halides is 1. The normalized spacial score (nSPS) is 11.8. The lowest BCUT2D eigenvalue weighted by atomic mass is 10.0. The minimum atomic E-state index is -1.09. The van der Waals surface area contributed by atoms with Crippen LogP contribution in [0.1, 0.15) is 15.9 Å². The number of methoxy groups -OCH3 is 1. The number of halogens is 1. The molecule has 0 aromatic heterocycles. The van der Waals surface area contributed by atoms with Crippen LogP contribution in [-0.2, 0) is 16.0 Å². The summed E-state index contributed by atoms with van der Waals surface area (Å²) in [5.41, 5.74) is 1.14. The summed E-state index contributed by atoms with van der Waals surface area (Å²) in [6.07, 6.45) is 0.177. The SMILES string of the molecule is COC(=O)[C@H](Cc1ccccc1)N(CF)C(=O)c1ccc2ccccc2c1. The van der Waals surface area contributed by atoms with E-state index in [0.29, 0.717) is 5.56 Å². The first-order valence-corrected chi connectivity index (χ1v) is 8.61. The number of hydrogen-bond donors (Lipinski definition) is 0. The Morgan fingerprint density at radius 3 is 2.30 bits per heavy atom. The van der Waals surface area contributed by atoms with Crippen molar-refractivity contribution in [2.45, 2.75) is 12.5 Å². The lowest BCUT2D eigenvalue weighted by Gasteiger charge is -2.27. The summed E-state index contributed by atoms with van der Waals surface area (Å²) in [6, 6.07) is 20.9. The summed E-state index contributed by atoms with van der Waals surface area (Å²) >= 11 is 0. The molecule has 0 spiro atoms. The van der Waals surface area contributed by atoms with Crippen LogP contribution in [0.2, 0.25) is 0 Å². The molecule has 3 aromatic carbocycles. The molecule has 1 atom stereocenters. The highest BCUT2D eigenvalue weighted by atomic mass is 19.1. The van der Waals surface area contributed by atoms with Crippen LogP contribution < -0.4 is 0 Å². The van der Waals surface area contributed by atoms with Crippen molar-refractivity contribution in [1.29, 1.82) is 0 Å². The Morgan fingerprint density at radius 1 is 0.963 bits per heavy atom. The molecule has 27 heavy (non-hydrogen) atoms. The third-order valence-corrected chi connectivity index (χ3v) is 4.51. The molecule has 0 N–H and O–H groups in total. The Kier molecular flexibility index (Phi) is 5.81. The molecule has 0 aliphatic rings. The van der Waals surface area contributed by atoms with Crippen LogP contribution >= 0.6 is 0 Å².